The lowest BCUT2D eigenvalue weighted by Gasteiger charge is -2.42. The van der Waals surface area contributed by atoms with Gasteiger partial charge in [0.25, 0.3) is 11.8 Å². The summed E-state index contributed by atoms with van der Waals surface area (Å²) in [5, 5.41) is 17.0. The first kappa shape index (κ1) is 60.5. The van der Waals surface area contributed by atoms with Crippen molar-refractivity contribution in [3.8, 4) is 5.75 Å². The van der Waals surface area contributed by atoms with Gasteiger partial charge in [-0.2, -0.15) is 0 Å². The van der Waals surface area contributed by atoms with Crippen LogP contribution in [0, 0.1) is 5.92 Å². The minimum Gasteiger partial charge on any atom is -0.495 e. The number of hydrogen-bond acceptors (Lipinski definition) is 18. The SMILES string of the molecule is COc1cc2cc(c1Cl)N(C)C(=O)C[C@H](OC(=O)[C@H](C)N(C)C(=O)CCOC(=O)NC(CN(C)C(=O)OC1/C=C/CCCCC1)C(=O)ON1C(=O)CCC1=O)[C@]1(C)OC1[C@H](C)[C@@H]1C[C@@](O)(NC(=O)O1)[C@H](OC)/C=C/C=C(\C)C2. The molecule has 0 radical (unpaired) electrons. The third kappa shape index (κ3) is 14.9. The molecule has 78 heavy (non-hydrogen) atoms. The van der Waals surface area contributed by atoms with Crippen LogP contribution in [0.2, 0.25) is 5.02 Å². The van der Waals surface area contributed by atoms with Crippen LogP contribution < -0.4 is 20.3 Å². The molecule has 0 saturated carbocycles. The molecule has 4 aliphatic heterocycles. The van der Waals surface area contributed by atoms with E-state index in [1.807, 2.05) is 19.1 Å². The predicted molar refractivity (Wildman–Crippen MR) is 276 cm³/mol. The van der Waals surface area contributed by atoms with E-state index in [2.05, 4.69) is 10.6 Å². The second-order valence-corrected chi connectivity index (χ2v) is 20.7. The van der Waals surface area contributed by atoms with E-state index < -0.39 is 140 Å². The maximum absolute atomic E-state index is 14.4. The summed E-state index contributed by atoms with van der Waals surface area (Å²) in [6.07, 6.45) is 4.32. The number of nitrogens with zero attached hydrogens (tertiary/aromatic N) is 4. The van der Waals surface area contributed by atoms with Crippen LogP contribution in [-0.2, 0) is 68.4 Å². The number of imide groups is 1. The number of aliphatic hydroxyl groups is 1. The lowest BCUT2D eigenvalue weighted by atomic mass is 9.83. The van der Waals surface area contributed by atoms with Crippen molar-refractivity contribution in [2.24, 2.45) is 5.92 Å². The highest BCUT2D eigenvalue weighted by atomic mass is 35.5. The molecule has 1 aromatic rings. The van der Waals surface area contributed by atoms with Crippen LogP contribution in [0.25, 0.3) is 0 Å². The fourth-order valence-electron chi connectivity index (χ4n) is 9.59. The summed E-state index contributed by atoms with van der Waals surface area (Å²) in [5.74, 6) is -5.39. The number of carbonyl (C=O) groups excluding carboxylic acids is 9. The van der Waals surface area contributed by atoms with Gasteiger partial charge in [-0.1, -0.05) is 54.8 Å². The Labute approximate surface area is 457 Å². The lowest BCUT2D eigenvalue weighted by molar-refractivity contribution is -0.199. The fourth-order valence-corrected chi connectivity index (χ4v) is 9.91. The van der Waals surface area contributed by atoms with Crippen molar-refractivity contribution in [2.75, 3.05) is 53.4 Å². The number of rotatable bonds is 14. The first-order valence-corrected chi connectivity index (χ1v) is 26.2. The number of benzene rings is 1. The molecule has 7 amide bonds. The molecule has 1 aliphatic carbocycles. The Balaban J connectivity index is 1.15. The number of carbonyl (C=O) groups is 9. The Kier molecular flexibility index (Phi) is 20.4. The zero-order valence-electron chi connectivity index (χ0n) is 45.4. The predicted octanol–water partition coefficient (Wildman–Crippen LogP) is 4.56. The van der Waals surface area contributed by atoms with Gasteiger partial charge in [-0.3, -0.25) is 24.5 Å². The highest BCUT2D eigenvalue weighted by Gasteiger charge is 2.64. The fraction of sp³-hybridized carbons (Fsp3) is 0.604. The van der Waals surface area contributed by atoms with Gasteiger partial charge in [-0.25, -0.2) is 24.0 Å². The molecule has 5 aliphatic rings. The van der Waals surface area contributed by atoms with E-state index in [1.165, 1.54) is 47.2 Å². The number of allylic oxidation sites excluding steroid dienone is 4. The lowest BCUT2D eigenvalue weighted by Crippen LogP contribution is -2.63. The van der Waals surface area contributed by atoms with Gasteiger partial charge in [-0.15, -0.1) is 5.06 Å². The van der Waals surface area contributed by atoms with Crippen LogP contribution in [0.15, 0.2) is 48.1 Å². The number of alkyl carbamates (subject to hydrolysis) is 2. The van der Waals surface area contributed by atoms with Gasteiger partial charge < -0.3 is 63.1 Å². The molecule has 4 heterocycles. The Morgan fingerprint density at radius 1 is 1.00 bits per heavy atom. The molecule has 1 aromatic carbocycles. The van der Waals surface area contributed by atoms with Crippen molar-refractivity contribution in [3.63, 3.8) is 0 Å². The Morgan fingerprint density at radius 2 is 1.72 bits per heavy atom. The Morgan fingerprint density at radius 3 is 2.41 bits per heavy atom. The Bertz CT molecular complexity index is 2540. The van der Waals surface area contributed by atoms with Gasteiger partial charge >= 0.3 is 30.2 Å². The van der Waals surface area contributed by atoms with Gasteiger partial charge in [0, 0.05) is 53.4 Å². The first-order valence-electron chi connectivity index (χ1n) is 25.8. The largest absolute Gasteiger partial charge is 0.495 e. The zero-order valence-corrected chi connectivity index (χ0v) is 46.2. The number of fused-ring (bicyclic) bond motifs is 5. The molecule has 10 atom stereocenters. The molecule has 25 heteroatoms. The number of halogens is 1. The summed E-state index contributed by atoms with van der Waals surface area (Å²) in [5.41, 5.74) is -1.41. The number of likely N-dealkylation sites (N-methyl/N-ethyl adjacent to an activating group) is 2. The molecule has 3 unspecified atom stereocenters. The summed E-state index contributed by atoms with van der Waals surface area (Å²) < 4.78 is 40.1. The van der Waals surface area contributed by atoms with Crippen molar-refractivity contribution >= 4 is 71.1 Å². The van der Waals surface area contributed by atoms with Gasteiger partial charge in [0.1, 0.15) is 59.5 Å². The van der Waals surface area contributed by atoms with Crippen LogP contribution in [-0.4, -0.2) is 176 Å². The molecule has 428 valence electrons. The van der Waals surface area contributed by atoms with Crippen LogP contribution in [0.3, 0.4) is 0 Å². The minimum atomic E-state index is -1.92. The van der Waals surface area contributed by atoms with E-state index in [4.69, 9.17) is 49.6 Å². The third-order valence-corrected chi connectivity index (χ3v) is 14.9. The molecular weight excluding hydrogens is 1040 g/mol. The zero-order chi connectivity index (χ0) is 57.2. The highest BCUT2D eigenvalue weighted by molar-refractivity contribution is 6.35. The van der Waals surface area contributed by atoms with E-state index in [1.54, 1.807) is 44.2 Å². The van der Waals surface area contributed by atoms with E-state index in [0.717, 1.165) is 46.6 Å². The van der Waals surface area contributed by atoms with E-state index >= 15 is 0 Å². The molecule has 0 aromatic heterocycles. The molecule has 3 N–H and O–H groups in total. The second kappa shape index (κ2) is 26.3. The standard InChI is InChI=1S/C53H71ClN6O18/c1-30-16-15-19-39(72-9)53(70)28-38(75-50(68)56-53)31(2)46-52(4,77-46)40(27-44(64)59(7)36-25-33(24-30)26-37(71-8)45(36)54)76-47(65)32(3)58(6)41(61)22-23-73-49(67)55-35(48(66)78-60-42(62)20-21-43(60)63)29-57(5)51(69)74-34-17-13-11-10-12-14-18-34/h13,15-17,19,25-26,31-32,34-35,38-40,46,70H,10-12,14,18,20-24,27-29H2,1-9H3,(H,55,67)(H,56,68)/b17-13+,19-15+,30-16+/t31-,32+,34?,35?,38+,39-,40+,46?,52+,53+/m1/s1. The molecule has 0 spiro atoms. The molecule has 3 fully saturated rings. The molecular formula is C53H71ClN6O18. The number of amides is 7. The number of hydroxylamine groups is 2. The summed E-state index contributed by atoms with van der Waals surface area (Å²) in [6.45, 7) is 5.50. The topological polar surface area (TPSA) is 288 Å². The molecule has 24 nitrogen and oxygen atoms in total. The Hall–Kier alpha value is -6.76. The van der Waals surface area contributed by atoms with E-state index in [-0.39, 0.29) is 29.3 Å². The maximum atomic E-state index is 14.4. The number of anilines is 1. The summed E-state index contributed by atoms with van der Waals surface area (Å²) in [4.78, 5) is 128. The van der Waals surface area contributed by atoms with Crippen molar-refractivity contribution in [1.29, 1.82) is 0 Å². The number of ether oxygens (including phenoxy) is 7. The number of nitrogens with one attached hydrogen (secondary N) is 2. The van der Waals surface area contributed by atoms with Crippen LogP contribution >= 0.6 is 11.6 Å². The average Bonchev–Trinajstić information content (AvgIpc) is 4.14. The third-order valence-electron chi connectivity index (χ3n) is 14.6. The van der Waals surface area contributed by atoms with Gasteiger partial charge in [-0.05, 0) is 76.6 Å². The highest BCUT2D eigenvalue weighted by Crippen LogP contribution is 2.49. The van der Waals surface area contributed by atoms with Crippen molar-refractivity contribution in [3.05, 3.63) is 58.7 Å². The monoisotopic (exact) mass is 1110 g/mol. The van der Waals surface area contributed by atoms with Crippen LogP contribution in [0.1, 0.15) is 97.5 Å². The minimum absolute atomic E-state index is 0.143. The van der Waals surface area contributed by atoms with Crippen molar-refractivity contribution < 1.29 is 86.3 Å². The van der Waals surface area contributed by atoms with Crippen molar-refractivity contribution in [2.45, 2.75) is 152 Å². The number of epoxide rings is 1. The molecule has 3 saturated heterocycles. The van der Waals surface area contributed by atoms with Gasteiger partial charge in [0.2, 0.25) is 11.8 Å². The maximum Gasteiger partial charge on any atom is 0.410 e. The van der Waals surface area contributed by atoms with Crippen LogP contribution in [0.5, 0.6) is 5.75 Å². The quantitative estimate of drug-likeness (QED) is 0.0756. The van der Waals surface area contributed by atoms with Gasteiger partial charge in [0.05, 0.1) is 38.3 Å². The van der Waals surface area contributed by atoms with Gasteiger partial charge in [0.15, 0.2) is 5.72 Å². The van der Waals surface area contributed by atoms with E-state index in [9.17, 15) is 48.3 Å². The van der Waals surface area contributed by atoms with Crippen molar-refractivity contribution in [1.82, 2.24) is 25.5 Å². The normalized spacial score (nSPS) is 28.8. The first-order chi connectivity index (χ1) is 36.9. The summed E-state index contributed by atoms with van der Waals surface area (Å²) in [6, 6.07) is 0.478. The summed E-state index contributed by atoms with van der Waals surface area (Å²) >= 11 is 6.81. The molecule has 4 bridgehead atoms. The molecule has 6 rings (SSSR count). The smallest absolute Gasteiger partial charge is 0.410 e. The number of hydrogen-bond donors (Lipinski definition) is 3. The summed E-state index contributed by atoms with van der Waals surface area (Å²) in [7, 11) is 6.95. The van der Waals surface area contributed by atoms with E-state index in [0.29, 0.717) is 24.3 Å². The van der Waals surface area contributed by atoms with Crippen LogP contribution in [0.4, 0.5) is 20.1 Å². The number of methoxy groups -OCH3 is 2. The average molecular weight is 1120 g/mol. The second-order valence-electron chi connectivity index (χ2n) is 20.3. The number of esters is 1.